The highest BCUT2D eigenvalue weighted by molar-refractivity contribution is 6.10. The Hall–Kier alpha value is -4.64. The van der Waals surface area contributed by atoms with Crippen LogP contribution in [0.4, 0.5) is 11.4 Å². The van der Waals surface area contributed by atoms with E-state index in [1.807, 2.05) is 103 Å². The van der Waals surface area contributed by atoms with Crippen molar-refractivity contribution in [1.29, 1.82) is 0 Å². The maximum atomic E-state index is 13.2. The molecule has 0 amide bonds. The van der Waals surface area contributed by atoms with Gasteiger partial charge in [0.15, 0.2) is 11.6 Å². The van der Waals surface area contributed by atoms with E-state index in [-0.39, 0.29) is 17.6 Å². The Bertz CT molecular complexity index is 1530. The third-order valence-corrected chi connectivity index (χ3v) is 7.09. The van der Waals surface area contributed by atoms with E-state index in [4.69, 9.17) is 4.74 Å². The molecule has 0 bridgehead atoms. The maximum Gasteiger partial charge on any atom is 0.193 e. The lowest BCUT2D eigenvalue weighted by atomic mass is 9.86. The van der Waals surface area contributed by atoms with E-state index in [1.165, 1.54) is 0 Å². The molecule has 1 unspecified atom stereocenters. The van der Waals surface area contributed by atoms with Gasteiger partial charge in [0, 0.05) is 28.8 Å². The number of nitrogens with one attached hydrogen (secondary N) is 2. The van der Waals surface area contributed by atoms with Crippen molar-refractivity contribution < 1.29 is 14.3 Å². The van der Waals surface area contributed by atoms with Gasteiger partial charge in [0.05, 0.1) is 17.4 Å². The van der Waals surface area contributed by atoms with Crippen LogP contribution in [0.2, 0.25) is 0 Å². The number of Topliss-reactive ketones (excluding diaryl/α,β-unsaturated/α-hetero) is 1. The molecule has 0 aromatic heterocycles. The molecule has 4 aromatic carbocycles. The number of carbonyl (C=O) groups excluding carboxylic acids is 2. The minimum atomic E-state index is -0.331. The van der Waals surface area contributed by atoms with Crippen LogP contribution in [0.1, 0.15) is 52.4 Å². The van der Waals surface area contributed by atoms with Gasteiger partial charge in [-0.1, -0.05) is 72.8 Å². The molecule has 1 aliphatic carbocycles. The van der Waals surface area contributed by atoms with E-state index in [2.05, 4.69) is 10.6 Å². The molecule has 1 heterocycles. The number of hydrogen-bond acceptors (Lipinski definition) is 5. The second-order valence-electron chi connectivity index (χ2n) is 9.67. The average Bonchev–Trinajstić information content (AvgIpc) is 3.14. The van der Waals surface area contributed by atoms with Crippen LogP contribution >= 0.6 is 0 Å². The summed E-state index contributed by atoms with van der Waals surface area (Å²) in [7, 11) is 0. The minimum absolute atomic E-state index is 0.0341. The largest absolute Gasteiger partial charge is 0.489 e. The van der Waals surface area contributed by atoms with Gasteiger partial charge in [0.25, 0.3) is 0 Å². The topological polar surface area (TPSA) is 67.4 Å². The first-order chi connectivity index (χ1) is 18.7. The highest BCUT2D eigenvalue weighted by atomic mass is 16.5. The molecule has 2 aliphatic rings. The third kappa shape index (κ3) is 4.83. The highest BCUT2D eigenvalue weighted by Gasteiger charge is 2.32. The number of hydrogen-bond donors (Lipinski definition) is 2. The number of rotatable bonds is 6. The Morgan fingerprint density at radius 2 is 1.58 bits per heavy atom. The SMILES string of the molecule is O=C1CCCC2=C1C(c1cccc(OCc3ccccc3)c1)Nc1ccc(C(=O)c3ccccc3)cc1N2. The van der Waals surface area contributed by atoms with Crippen LogP contribution in [-0.4, -0.2) is 11.6 Å². The van der Waals surface area contributed by atoms with Gasteiger partial charge in [-0.15, -0.1) is 0 Å². The van der Waals surface area contributed by atoms with Crippen molar-refractivity contribution in [3.63, 3.8) is 0 Å². The Morgan fingerprint density at radius 3 is 2.39 bits per heavy atom. The van der Waals surface area contributed by atoms with Crippen LogP contribution in [-0.2, 0) is 11.4 Å². The minimum Gasteiger partial charge on any atom is -0.489 e. The quantitative estimate of drug-likeness (QED) is 0.277. The molecule has 5 nitrogen and oxygen atoms in total. The van der Waals surface area contributed by atoms with Crippen LogP contribution in [0.5, 0.6) is 5.75 Å². The number of allylic oxidation sites excluding steroid dienone is 1. The summed E-state index contributed by atoms with van der Waals surface area (Å²) < 4.78 is 6.09. The van der Waals surface area contributed by atoms with Crippen LogP contribution in [0, 0.1) is 0 Å². The van der Waals surface area contributed by atoms with E-state index in [9.17, 15) is 9.59 Å². The molecule has 5 heteroatoms. The standard InChI is InChI=1S/C33H28N2O3/c36-30-16-8-15-28-31(30)32(24-13-7-14-26(19-24)38-21-22-9-3-1-4-10-22)35-27-18-17-25(20-29(27)34-28)33(37)23-11-5-2-6-12-23/h1-7,9-14,17-20,32,34-35H,8,15-16,21H2. The summed E-state index contributed by atoms with van der Waals surface area (Å²) in [5, 5.41) is 7.12. The number of ketones is 2. The average molecular weight is 501 g/mol. The van der Waals surface area contributed by atoms with Gasteiger partial charge in [-0.3, -0.25) is 9.59 Å². The summed E-state index contributed by atoms with van der Waals surface area (Å²) in [5.74, 6) is 0.855. The zero-order valence-corrected chi connectivity index (χ0v) is 20.9. The Kier molecular flexibility index (Phi) is 6.49. The number of anilines is 2. The summed E-state index contributed by atoms with van der Waals surface area (Å²) in [6.07, 6.45) is 2.10. The van der Waals surface area contributed by atoms with E-state index < -0.39 is 0 Å². The first-order valence-corrected chi connectivity index (χ1v) is 13.0. The molecule has 1 atom stereocenters. The van der Waals surface area contributed by atoms with Crippen molar-refractivity contribution >= 4 is 22.9 Å². The molecule has 4 aromatic rings. The molecule has 6 rings (SSSR count). The predicted octanol–water partition coefficient (Wildman–Crippen LogP) is 7.08. The lowest BCUT2D eigenvalue weighted by Crippen LogP contribution is -2.23. The molecular formula is C33H28N2O3. The predicted molar refractivity (Wildman–Crippen MR) is 149 cm³/mol. The Balaban J connectivity index is 1.34. The summed E-state index contributed by atoms with van der Waals surface area (Å²) >= 11 is 0. The number of carbonyl (C=O) groups is 2. The van der Waals surface area contributed by atoms with Crippen molar-refractivity contribution in [2.75, 3.05) is 10.6 Å². The van der Waals surface area contributed by atoms with Gasteiger partial charge in [-0.2, -0.15) is 0 Å². The molecule has 1 aliphatic heterocycles. The van der Waals surface area contributed by atoms with E-state index in [1.54, 1.807) is 0 Å². The molecule has 0 saturated heterocycles. The Labute approximate surface area is 222 Å². The molecule has 0 spiro atoms. The second-order valence-corrected chi connectivity index (χ2v) is 9.67. The smallest absolute Gasteiger partial charge is 0.193 e. The van der Waals surface area contributed by atoms with Crippen molar-refractivity contribution in [3.8, 4) is 5.75 Å². The van der Waals surface area contributed by atoms with Crippen LogP contribution in [0.25, 0.3) is 0 Å². The zero-order valence-electron chi connectivity index (χ0n) is 20.9. The number of benzene rings is 4. The van der Waals surface area contributed by atoms with Crippen LogP contribution in [0.15, 0.2) is 114 Å². The molecule has 0 radical (unpaired) electrons. The monoisotopic (exact) mass is 500 g/mol. The van der Waals surface area contributed by atoms with Gasteiger partial charge >= 0.3 is 0 Å². The normalized spacial score (nSPS) is 16.4. The first kappa shape index (κ1) is 23.7. The van der Waals surface area contributed by atoms with E-state index >= 15 is 0 Å². The van der Waals surface area contributed by atoms with Crippen molar-refractivity contribution in [1.82, 2.24) is 0 Å². The number of ether oxygens (including phenoxy) is 1. The van der Waals surface area contributed by atoms with E-state index in [0.29, 0.717) is 24.2 Å². The lowest BCUT2D eigenvalue weighted by molar-refractivity contribution is -0.116. The summed E-state index contributed by atoms with van der Waals surface area (Å²) in [4.78, 5) is 26.4. The second kappa shape index (κ2) is 10.4. The fourth-order valence-corrected chi connectivity index (χ4v) is 5.16. The van der Waals surface area contributed by atoms with Gasteiger partial charge < -0.3 is 15.4 Å². The van der Waals surface area contributed by atoms with Crippen molar-refractivity contribution in [3.05, 3.63) is 137 Å². The lowest BCUT2D eigenvalue weighted by Gasteiger charge is -2.25. The summed E-state index contributed by atoms with van der Waals surface area (Å²) in [5.41, 5.74) is 6.61. The first-order valence-electron chi connectivity index (χ1n) is 13.0. The zero-order chi connectivity index (χ0) is 25.9. The third-order valence-electron chi connectivity index (χ3n) is 7.09. The number of fused-ring (bicyclic) bond motifs is 1. The van der Waals surface area contributed by atoms with Crippen molar-refractivity contribution in [2.24, 2.45) is 0 Å². The van der Waals surface area contributed by atoms with Crippen LogP contribution < -0.4 is 15.4 Å². The summed E-state index contributed by atoms with van der Waals surface area (Å²) in [6.45, 7) is 0.470. The van der Waals surface area contributed by atoms with Gasteiger partial charge in [-0.05, 0) is 54.3 Å². The van der Waals surface area contributed by atoms with E-state index in [0.717, 1.165) is 52.4 Å². The maximum absolute atomic E-state index is 13.2. The molecule has 0 fully saturated rings. The fraction of sp³-hybridized carbons (Fsp3) is 0.152. The molecule has 2 N–H and O–H groups in total. The molecule has 188 valence electrons. The highest BCUT2D eigenvalue weighted by Crippen LogP contribution is 2.41. The summed E-state index contributed by atoms with van der Waals surface area (Å²) in [6, 6.07) is 32.6. The molecule has 38 heavy (non-hydrogen) atoms. The van der Waals surface area contributed by atoms with Crippen molar-refractivity contribution in [2.45, 2.75) is 31.9 Å². The Morgan fingerprint density at radius 1 is 0.789 bits per heavy atom. The van der Waals surface area contributed by atoms with Gasteiger partial charge in [-0.25, -0.2) is 0 Å². The molecule has 0 saturated carbocycles. The fourth-order valence-electron chi connectivity index (χ4n) is 5.16. The van der Waals surface area contributed by atoms with Gasteiger partial charge in [0.2, 0.25) is 0 Å². The van der Waals surface area contributed by atoms with Gasteiger partial charge in [0.1, 0.15) is 12.4 Å². The van der Waals surface area contributed by atoms with Crippen LogP contribution in [0.3, 0.4) is 0 Å². The molecular weight excluding hydrogens is 472 g/mol.